The maximum Gasteiger partial charge on any atom is 0.307 e. The van der Waals surface area contributed by atoms with E-state index in [1.54, 1.807) is 7.11 Å². The van der Waals surface area contributed by atoms with E-state index in [4.69, 9.17) is 9.47 Å². The zero-order valence-electron chi connectivity index (χ0n) is 22.6. The first-order valence-electron chi connectivity index (χ1n) is 13.0. The largest absolute Gasteiger partial charge is 0.496 e. The highest BCUT2D eigenvalue weighted by Crippen LogP contribution is 2.46. The van der Waals surface area contributed by atoms with Gasteiger partial charge in [0.1, 0.15) is 11.5 Å². The lowest BCUT2D eigenvalue weighted by molar-refractivity contribution is -0.136. The molecule has 0 saturated carbocycles. The van der Waals surface area contributed by atoms with Gasteiger partial charge in [-0.3, -0.25) is 9.69 Å². The number of rotatable bonds is 9. The molecule has 3 aromatic rings. The fourth-order valence-electron chi connectivity index (χ4n) is 5.25. The second-order valence-corrected chi connectivity index (χ2v) is 12.0. The van der Waals surface area contributed by atoms with Crippen molar-refractivity contribution in [3.63, 3.8) is 0 Å². The Bertz CT molecular complexity index is 1310. The molecule has 1 heterocycles. The molecule has 0 aliphatic carbocycles. The Morgan fingerprint density at radius 1 is 0.974 bits per heavy atom. The Balaban J connectivity index is 1.92. The minimum Gasteiger partial charge on any atom is -0.496 e. The second-order valence-electron chi connectivity index (χ2n) is 10.3. The smallest absolute Gasteiger partial charge is 0.307 e. The average molecular weight is 645 g/mol. The SMILES string of the molecule is COc1cc(C(c2cccc(C)c2C)N2CCCC2)c(Oc2c(Br)cc(CC(=O)O)cc2Br)cc1C(C)C. The van der Waals surface area contributed by atoms with Crippen LogP contribution in [-0.2, 0) is 11.2 Å². The van der Waals surface area contributed by atoms with E-state index in [9.17, 15) is 9.90 Å². The van der Waals surface area contributed by atoms with E-state index in [0.29, 0.717) is 20.3 Å². The summed E-state index contributed by atoms with van der Waals surface area (Å²) in [4.78, 5) is 13.8. The van der Waals surface area contributed by atoms with Gasteiger partial charge in [-0.1, -0.05) is 32.0 Å². The summed E-state index contributed by atoms with van der Waals surface area (Å²) in [5.41, 5.74) is 6.62. The van der Waals surface area contributed by atoms with Crippen LogP contribution in [0.3, 0.4) is 0 Å². The predicted octanol–water partition coefficient (Wildman–Crippen LogP) is 8.57. The van der Waals surface area contributed by atoms with Crippen molar-refractivity contribution in [1.29, 1.82) is 0 Å². The maximum absolute atomic E-state index is 11.3. The number of nitrogens with zero attached hydrogens (tertiary/aromatic N) is 1. The van der Waals surface area contributed by atoms with Crippen molar-refractivity contribution in [3.8, 4) is 17.2 Å². The van der Waals surface area contributed by atoms with Crippen LogP contribution in [0.5, 0.6) is 17.2 Å². The lowest BCUT2D eigenvalue weighted by Gasteiger charge is -2.32. The van der Waals surface area contributed by atoms with E-state index in [2.05, 4.69) is 94.8 Å². The van der Waals surface area contributed by atoms with Gasteiger partial charge >= 0.3 is 5.97 Å². The van der Waals surface area contributed by atoms with Crippen LogP contribution in [-0.4, -0.2) is 36.2 Å². The monoisotopic (exact) mass is 643 g/mol. The molecular weight excluding hydrogens is 610 g/mol. The van der Waals surface area contributed by atoms with Gasteiger partial charge in [-0.15, -0.1) is 0 Å². The molecule has 1 saturated heterocycles. The normalized spacial score (nSPS) is 14.6. The maximum atomic E-state index is 11.3. The third-order valence-electron chi connectivity index (χ3n) is 7.35. The van der Waals surface area contributed by atoms with Gasteiger partial charge in [0.2, 0.25) is 0 Å². The first-order valence-corrected chi connectivity index (χ1v) is 14.6. The predicted molar refractivity (Wildman–Crippen MR) is 159 cm³/mol. The highest BCUT2D eigenvalue weighted by Gasteiger charge is 2.31. The number of methoxy groups -OCH3 is 1. The standard InChI is InChI=1S/C31H35Br2NO4/c1-18(2)23-16-28(38-31-25(32)13-21(14-26(31)33)15-29(35)36)24(17-27(23)37-5)30(34-11-6-7-12-34)22-10-8-9-19(3)20(22)4/h8-10,13-14,16-18,30H,6-7,11-12,15H2,1-5H3,(H,35,36). The number of aliphatic carboxylic acids is 1. The van der Waals surface area contributed by atoms with Crippen LogP contribution >= 0.6 is 31.9 Å². The van der Waals surface area contributed by atoms with Crippen LogP contribution in [0.25, 0.3) is 0 Å². The summed E-state index contributed by atoms with van der Waals surface area (Å²) in [6.07, 6.45) is 2.27. The number of carboxylic acids is 1. The number of aryl methyl sites for hydroxylation is 1. The molecule has 0 radical (unpaired) electrons. The summed E-state index contributed by atoms with van der Waals surface area (Å²) in [5, 5.41) is 9.26. The highest BCUT2D eigenvalue weighted by atomic mass is 79.9. The summed E-state index contributed by atoms with van der Waals surface area (Å²) >= 11 is 7.26. The topological polar surface area (TPSA) is 59.0 Å². The first-order chi connectivity index (χ1) is 18.1. The molecule has 1 unspecified atom stereocenters. The van der Waals surface area contributed by atoms with E-state index in [-0.39, 0.29) is 18.4 Å². The lowest BCUT2D eigenvalue weighted by atomic mass is 9.89. The van der Waals surface area contributed by atoms with E-state index >= 15 is 0 Å². The van der Waals surface area contributed by atoms with Crippen molar-refractivity contribution < 1.29 is 19.4 Å². The molecule has 5 nitrogen and oxygen atoms in total. The molecule has 0 bridgehead atoms. The van der Waals surface area contributed by atoms with Gasteiger partial charge in [0.05, 0.1) is 28.5 Å². The number of hydrogen-bond donors (Lipinski definition) is 1. The van der Waals surface area contributed by atoms with Gasteiger partial charge < -0.3 is 14.6 Å². The van der Waals surface area contributed by atoms with E-state index < -0.39 is 5.97 Å². The third-order valence-corrected chi connectivity index (χ3v) is 8.53. The summed E-state index contributed by atoms with van der Waals surface area (Å²) in [6, 6.07) is 14.4. The van der Waals surface area contributed by atoms with Crippen LogP contribution in [0.1, 0.15) is 72.0 Å². The molecule has 1 fully saturated rings. The van der Waals surface area contributed by atoms with Gasteiger partial charge in [0.15, 0.2) is 5.75 Å². The Kier molecular flexibility index (Phi) is 9.22. The summed E-state index contributed by atoms with van der Waals surface area (Å²) in [7, 11) is 1.72. The minimum absolute atomic E-state index is 0.00588. The van der Waals surface area contributed by atoms with Crippen LogP contribution in [0.2, 0.25) is 0 Å². The van der Waals surface area contributed by atoms with Crippen molar-refractivity contribution in [1.82, 2.24) is 4.90 Å². The fourth-order valence-corrected chi connectivity index (χ4v) is 6.69. The molecular formula is C31H35Br2NO4. The van der Waals surface area contributed by atoms with Gasteiger partial charge in [-0.25, -0.2) is 0 Å². The molecule has 0 spiro atoms. The first kappa shape index (κ1) is 28.7. The van der Waals surface area contributed by atoms with E-state index in [1.165, 1.54) is 29.5 Å². The van der Waals surface area contributed by atoms with Crippen molar-refractivity contribution in [3.05, 3.63) is 84.8 Å². The Labute approximate surface area is 242 Å². The number of carbonyl (C=O) groups is 1. The highest BCUT2D eigenvalue weighted by molar-refractivity contribution is 9.11. The van der Waals surface area contributed by atoms with Crippen molar-refractivity contribution in [2.75, 3.05) is 20.2 Å². The van der Waals surface area contributed by atoms with Crippen molar-refractivity contribution in [2.45, 2.75) is 58.9 Å². The molecule has 0 aromatic heterocycles. The van der Waals surface area contributed by atoms with Crippen molar-refractivity contribution in [2.24, 2.45) is 0 Å². The average Bonchev–Trinajstić information content (AvgIpc) is 3.38. The van der Waals surface area contributed by atoms with Crippen LogP contribution in [0, 0.1) is 13.8 Å². The number of likely N-dealkylation sites (tertiary alicyclic amines) is 1. The zero-order chi connectivity index (χ0) is 27.6. The van der Waals surface area contributed by atoms with Crippen LogP contribution in [0.15, 0.2) is 51.4 Å². The third kappa shape index (κ3) is 6.11. The number of halogens is 2. The molecule has 1 aliphatic rings. The summed E-state index contributed by atoms with van der Waals surface area (Å²) in [5.74, 6) is 1.59. The molecule has 38 heavy (non-hydrogen) atoms. The fraction of sp³-hybridized carbons (Fsp3) is 0.387. The minimum atomic E-state index is -0.876. The molecule has 1 N–H and O–H groups in total. The summed E-state index contributed by atoms with van der Waals surface area (Å²) < 4.78 is 14.0. The molecule has 7 heteroatoms. The van der Waals surface area contributed by atoms with Gasteiger partial charge in [-0.05, 0) is 124 Å². The Morgan fingerprint density at radius 3 is 2.18 bits per heavy atom. The number of hydrogen-bond acceptors (Lipinski definition) is 4. The number of carboxylic acid groups (broad SMARTS) is 1. The lowest BCUT2D eigenvalue weighted by Crippen LogP contribution is -2.28. The van der Waals surface area contributed by atoms with Crippen molar-refractivity contribution >= 4 is 37.8 Å². The van der Waals surface area contributed by atoms with E-state index in [0.717, 1.165) is 35.7 Å². The quantitative estimate of drug-likeness (QED) is 0.253. The number of benzene rings is 3. The van der Waals surface area contributed by atoms with Gasteiger partial charge in [0, 0.05) is 11.1 Å². The molecule has 0 amide bonds. The Morgan fingerprint density at radius 2 is 1.61 bits per heavy atom. The van der Waals surface area contributed by atoms with Crippen LogP contribution < -0.4 is 9.47 Å². The second kappa shape index (κ2) is 12.2. The van der Waals surface area contributed by atoms with Gasteiger partial charge in [0.25, 0.3) is 0 Å². The molecule has 1 atom stereocenters. The summed E-state index contributed by atoms with van der Waals surface area (Å²) in [6.45, 7) is 10.7. The van der Waals surface area contributed by atoms with E-state index in [1.807, 2.05) is 12.1 Å². The zero-order valence-corrected chi connectivity index (χ0v) is 25.8. The molecule has 4 rings (SSSR count). The van der Waals surface area contributed by atoms with Gasteiger partial charge in [-0.2, -0.15) is 0 Å². The molecule has 3 aromatic carbocycles. The van der Waals surface area contributed by atoms with Crippen LogP contribution in [0.4, 0.5) is 0 Å². The molecule has 202 valence electrons. The molecule has 1 aliphatic heterocycles. The Hall–Kier alpha value is -2.35. The number of ether oxygens (including phenoxy) is 2.